The summed E-state index contributed by atoms with van der Waals surface area (Å²) in [6.07, 6.45) is 12.2. The molecule has 10 atom stereocenters. The molecule has 0 bridgehead atoms. The molecule has 4 aliphatic carbocycles. The molecule has 2 saturated heterocycles. The smallest absolute Gasteiger partial charge is 0.133 e. The largest absolute Gasteiger partial charge is 0.369 e. The van der Waals surface area contributed by atoms with Gasteiger partial charge in [0.05, 0.1) is 11.7 Å². The number of hydrogen-bond acceptors (Lipinski definition) is 3. The van der Waals surface area contributed by atoms with Gasteiger partial charge in [-0.25, -0.2) is 0 Å². The number of piperidine rings is 1. The molecule has 172 valence electrons. The predicted octanol–water partition coefficient (Wildman–Crippen LogP) is 5.68. The molecule has 0 aromatic carbocycles. The monoisotopic (exact) mass is 425 g/mol. The standard InChI is InChI=1S/C28H43NO2/c1-16-11-25-26(29-15-16)18(3)28(31-25)10-8-21-22-6-5-19-12-20(30)7-9-27(19,4)24(22)13-23(21)17(2)14-28/h16,18-19,21-22,24-26,29H,5-15H2,1-4H3/t16-,18+,19?,21-,22-,24-,25+,26-,27-,28-/m0/s1. The normalized spacial score (nSPS) is 54.3. The molecule has 0 radical (unpaired) electrons. The van der Waals surface area contributed by atoms with Crippen LogP contribution in [0.5, 0.6) is 0 Å². The number of carbonyl (C=O) groups is 1. The van der Waals surface area contributed by atoms with Crippen molar-refractivity contribution in [1.82, 2.24) is 5.32 Å². The summed E-state index contributed by atoms with van der Waals surface area (Å²) in [6, 6.07) is 0.550. The van der Waals surface area contributed by atoms with Gasteiger partial charge < -0.3 is 10.1 Å². The molecule has 0 amide bonds. The highest BCUT2D eigenvalue weighted by molar-refractivity contribution is 5.79. The van der Waals surface area contributed by atoms with E-state index in [1.165, 1.54) is 38.5 Å². The summed E-state index contributed by atoms with van der Waals surface area (Å²) in [4.78, 5) is 12.2. The first-order chi connectivity index (χ1) is 14.8. The first kappa shape index (κ1) is 20.9. The zero-order valence-electron chi connectivity index (χ0n) is 20.2. The van der Waals surface area contributed by atoms with E-state index in [2.05, 4.69) is 33.0 Å². The Balaban J connectivity index is 1.28. The zero-order valence-corrected chi connectivity index (χ0v) is 20.2. The second-order valence-corrected chi connectivity index (χ2v) is 12.9. The molecule has 1 unspecified atom stereocenters. The van der Waals surface area contributed by atoms with E-state index in [0.29, 0.717) is 35.2 Å². The molecule has 2 aliphatic heterocycles. The molecule has 6 aliphatic rings. The summed E-state index contributed by atoms with van der Waals surface area (Å²) >= 11 is 0. The van der Waals surface area contributed by atoms with Crippen molar-refractivity contribution in [1.29, 1.82) is 0 Å². The molecule has 2 heterocycles. The van der Waals surface area contributed by atoms with Crippen molar-refractivity contribution in [2.75, 3.05) is 6.54 Å². The number of hydrogen-bond donors (Lipinski definition) is 1. The maximum atomic E-state index is 12.2. The van der Waals surface area contributed by atoms with Gasteiger partial charge in [0.15, 0.2) is 0 Å². The van der Waals surface area contributed by atoms with Crippen LogP contribution in [0.15, 0.2) is 11.1 Å². The van der Waals surface area contributed by atoms with Crippen molar-refractivity contribution in [2.24, 2.45) is 40.9 Å². The third kappa shape index (κ3) is 3.01. The minimum Gasteiger partial charge on any atom is -0.369 e. The minimum absolute atomic E-state index is 0.0572. The molecule has 3 nitrogen and oxygen atoms in total. The Bertz CT molecular complexity index is 803. The highest BCUT2D eigenvalue weighted by Gasteiger charge is 2.59. The Morgan fingerprint density at radius 2 is 1.94 bits per heavy atom. The Morgan fingerprint density at radius 1 is 1.10 bits per heavy atom. The maximum Gasteiger partial charge on any atom is 0.133 e. The van der Waals surface area contributed by atoms with Gasteiger partial charge in [0.1, 0.15) is 5.78 Å². The number of Topliss-reactive ketones (excluding diaryl/α,β-unsaturated/α-hetero) is 1. The number of carbonyl (C=O) groups excluding carboxylic acids is 1. The van der Waals surface area contributed by atoms with Crippen LogP contribution in [0, 0.1) is 40.9 Å². The van der Waals surface area contributed by atoms with Crippen LogP contribution in [-0.4, -0.2) is 30.1 Å². The average Bonchev–Trinajstić information content (AvgIpc) is 3.19. The summed E-state index contributed by atoms with van der Waals surface area (Å²) in [5.41, 5.74) is 3.95. The van der Waals surface area contributed by atoms with Gasteiger partial charge in [-0.3, -0.25) is 4.79 Å². The van der Waals surface area contributed by atoms with Crippen LogP contribution >= 0.6 is 0 Å². The van der Waals surface area contributed by atoms with Crippen LogP contribution in [0.3, 0.4) is 0 Å². The SMILES string of the molecule is CC1=C2C[C@H]3[C@@H](CCC4CC(=O)CC[C@@]43C)[C@@H]2CC[C@@]2(C1)O[C@@H]1C[C@H](C)CN[C@H]1[C@H]2C. The number of allylic oxidation sites excluding steroid dienone is 1. The van der Waals surface area contributed by atoms with Crippen molar-refractivity contribution in [3.63, 3.8) is 0 Å². The van der Waals surface area contributed by atoms with E-state index in [1.54, 1.807) is 5.57 Å². The van der Waals surface area contributed by atoms with Crippen molar-refractivity contribution < 1.29 is 9.53 Å². The fraction of sp³-hybridized carbons (Fsp3) is 0.893. The van der Waals surface area contributed by atoms with Gasteiger partial charge in [-0.05, 0) is 99.8 Å². The molecule has 1 spiro atoms. The van der Waals surface area contributed by atoms with Crippen LogP contribution in [0.2, 0.25) is 0 Å². The van der Waals surface area contributed by atoms with E-state index >= 15 is 0 Å². The molecule has 0 aromatic heterocycles. The molecular weight excluding hydrogens is 382 g/mol. The molecule has 1 N–H and O–H groups in total. The average molecular weight is 426 g/mol. The third-order valence-corrected chi connectivity index (χ3v) is 11.4. The van der Waals surface area contributed by atoms with E-state index in [0.717, 1.165) is 55.9 Å². The first-order valence-corrected chi connectivity index (χ1v) is 13.4. The second kappa shape index (κ2) is 7.16. The summed E-state index contributed by atoms with van der Waals surface area (Å²) in [5, 5.41) is 3.85. The lowest BCUT2D eigenvalue weighted by Gasteiger charge is -2.52. The third-order valence-electron chi connectivity index (χ3n) is 11.4. The highest BCUT2D eigenvalue weighted by atomic mass is 16.5. The Labute approximate surface area is 189 Å². The molecule has 3 heteroatoms. The van der Waals surface area contributed by atoms with Gasteiger partial charge in [-0.2, -0.15) is 0 Å². The Kier molecular flexibility index (Phi) is 4.83. The van der Waals surface area contributed by atoms with Gasteiger partial charge >= 0.3 is 0 Å². The van der Waals surface area contributed by atoms with Crippen molar-refractivity contribution in [2.45, 2.75) is 110 Å². The summed E-state index contributed by atoms with van der Waals surface area (Å²) in [5.74, 6) is 4.97. The number of ether oxygens (including phenoxy) is 1. The quantitative estimate of drug-likeness (QED) is 0.507. The molecule has 0 aromatic rings. The van der Waals surface area contributed by atoms with Crippen LogP contribution in [0.4, 0.5) is 0 Å². The Hall–Kier alpha value is -0.670. The lowest BCUT2D eigenvalue weighted by Crippen LogP contribution is -2.48. The summed E-state index contributed by atoms with van der Waals surface area (Å²) < 4.78 is 7.01. The molecule has 5 fully saturated rings. The Morgan fingerprint density at radius 3 is 2.77 bits per heavy atom. The maximum absolute atomic E-state index is 12.2. The molecular formula is C28H43NO2. The molecule has 3 saturated carbocycles. The van der Waals surface area contributed by atoms with Crippen LogP contribution in [-0.2, 0) is 9.53 Å². The fourth-order valence-electron chi connectivity index (χ4n) is 9.61. The number of fused-ring (bicyclic) bond motifs is 6. The van der Waals surface area contributed by atoms with Gasteiger partial charge in [0.2, 0.25) is 0 Å². The number of rotatable bonds is 0. The topological polar surface area (TPSA) is 38.3 Å². The van der Waals surface area contributed by atoms with E-state index < -0.39 is 0 Å². The number of nitrogens with one attached hydrogen (secondary N) is 1. The second-order valence-electron chi connectivity index (χ2n) is 12.9. The van der Waals surface area contributed by atoms with Crippen molar-refractivity contribution >= 4 is 5.78 Å². The van der Waals surface area contributed by atoms with E-state index in [4.69, 9.17) is 4.74 Å². The van der Waals surface area contributed by atoms with E-state index in [9.17, 15) is 4.79 Å². The van der Waals surface area contributed by atoms with Gasteiger partial charge in [0, 0.05) is 24.8 Å². The lowest BCUT2D eigenvalue weighted by atomic mass is 9.52. The van der Waals surface area contributed by atoms with Gasteiger partial charge in [-0.1, -0.05) is 31.9 Å². The fourth-order valence-corrected chi connectivity index (χ4v) is 9.61. The molecule has 6 rings (SSSR count). The first-order valence-electron chi connectivity index (χ1n) is 13.4. The van der Waals surface area contributed by atoms with Crippen molar-refractivity contribution in [3.8, 4) is 0 Å². The van der Waals surface area contributed by atoms with Gasteiger partial charge in [-0.15, -0.1) is 0 Å². The minimum atomic E-state index is 0.0572. The number of ketones is 1. The molecule has 31 heavy (non-hydrogen) atoms. The predicted molar refractivity (Wildman–Crippen MR) is 124 cm³/mol. The van der Waals surface area contributed by atoms with Crippen molar-refractivity contribution in [3.05, 3.63) is 11.1 Å². The highest BCUT2D eigenvalue weighted by Crippen LogP contribution is 2.65. The zero-order chi connectivity index (χ0) is 21.5. The van der Waals surface area contributed by atoms with Crippen LogP contribution < -0.4 is 5.32 Å². The van der Waals surface area contributed by atoms with Crippen LogP contribution in [0.1, 0.15) is 91.9 Å². The van der Waals surface area contributed by atoms with Gasteiger partial charge in [0.25, 0.3) is 0 Å². The lowest BCUT2D eigenvalue weighted by molar-refractivity contribution is -0.129. The van der Waals surface area contributed by atoms with Crippen LogP contribution in [0.25, 0.3) is 0 Å². The summed E-state index contributed by atoms with van der Waals surface area (Å²) in [7, 11) is 0. The van der Waals surface area contributed by atoms with E-state index in [1.807, 2.05) is 5.57 Å². The van der Waals surface area contributed by atoms with E-state index in [-0.39, 0.29) is 5.60 Å². The summed E-state index contributed by atoms with van der Waals surface area (Å²) in [6.45, 7) is 11.0.